The zero-order chi connectivity index (χ0) is 3.41. The SMILES string of the molecule is CCC[O-].[Zr+4]. The molecule has 0 bridgehead atoms. The fourth-order valence-electron chi connectivity index (χ4n) is 0. The number of hydrogen-bond donors (Lipinski definition) is 0. The van der Waals surface area contributed by atoms with Crippen molar-refractivity contribution in [2.45, 2.75) is 13.3 Å². The predicted octanol–water partition coefficient (Wildman–Crippen LogP) is -0.246. The van der Waals surface area contributed by atoms with E-state index in [-0.39, 0.29) is 32.8 Å². The molecule has 0 aliphatic rings. The van der Waals surface area contributed by atoms with Crippen LogP contribution in [0.3, 0.4) is 0 Å². The molecule has 0 aliphatic heterocycles. The minimum atomic E-state index is 0. The maximum absolute atomic E-state index is 9.30. The largest absolute Gasteiger partial charge is 4.00 e. The summed E-state index contributed by atoms with van der Waals surface area (Å²) in [6.45, 7) is 1.94. The average Bonchev–Trinajstić information content (AvgIpc) is 1.37. The first-order valence-corrected chi connectivity index (χ1v) is 1.50. The van der Waals surface area contributed by atoms with E-state index in [1.165, 1.54) is 0 Å². The van der Waals surface area contributed by atoms with Gasteiger partial charge in [0, 0.05) is 0 Å². The van der Waals surface area contributed by atoms with Crippen LogP contribution in [-0.4, -0.2) is 6.61 Å². The van der Waals surface area contributed by atoms with Crippen LogP contribution in [0.4, 0.5) is 0 Å². The summed E-state index contributed by atoms with van der Waals surface area (Å²) >= 11 is 0. The normalized spacial score (nSPS) is 6.00. The number of rotatable bonds is 1. The van der Waals surface area contributed by atoms with E-state index in [1.807, 2.05) is 6.92 Å². The Morgan fingerprint density at radius 1 is 1.60 bits per heavy atom. The van der Waals surface area contributed by atoms with Gasteiger partial charge in [0.05, 0.1) is 0 Å². The monoisotopic (exact) mass is 149 g/mol. The second-order valence-corrected chi connectivity index (χ2v) is 0.704. The summed E-state index contributed by atoms with van der Waals surface area (Å²) in [6.07, 6.45) is 0.764. The van der Waals surface area contributed by atoms with E-state index in [9.17, 15) is 5.11 Å². The van der Waals surface area contributed by atoms with Gasteiger partial charge in [-0.15, -0.1) is 6.61 Å². The fourth-order valence-corrected chi connectivity index (χ4v) is 0. The van der Waals surface area contributed by atoms with Crippen molar-refractivity contribution in [3.63, 3.8) is 0 Å². The van der Waals surface area contributed by atoms with Gasteiger partial charge >= 0.3 is 26.2 Å². The second-order valence-electron chi connectivity index (χ2n) is 0.704. The van der Waals surface area contributed by atoms with Gasteiger partial charge in [-0.05, 0) is 0 Å². The van der Waals surface area contributed by atoms with E-state index in [1.54, 1.807) is 0 Å². The number of hydrogen-bond acceptors (Lipinski definition) is 1. The first kappa shape index (κ1) is 9.28. The minimum Gasteiger partial charge on any atom is -0.854 e. The average molecular weight is 150 g/mol. The van der Waals surface area contributed by atoms with Crippen molar-refractivity contribution in [2.24, 2.45) is 0 Å². The van der Waals surface area contributed by atoms with Gasteiger partial charge in [-0.2, -0.15) is 0 Å². The first-order chi connectivity index (χ1) is 1.91. The molecule has 0 aromatic rings. The van der Waals surface area contributed by atoms with Gasteiger partial charge < -0.3 is 5.11 Å². The van der Waals surface area contributed by atoms with Gasteiger partial charge in [0.2, 0.25) is 0 Å². The van der Waals surface area contributed by atoms with Gasteiger partial charge in [-0.1, -0.05) is 13.3 Å². The Bertz CT molecular complexity index is 8.85. The van der Waals surface area contributed by atoms with E-state index >= 15 is 0 Å². The van der Waals surface area contributed by atoms with E-state index in [2.05, 4.69) is 0 Å². The zero-order valence-electron chi connectivity index (χ0n) is 3.32. The molecule has 0 radical (unpaired) electrons. The van der Waals surface area contributed by atoms with Crippen molar-refractivity contribution in [1.82, 2.24) is 0 Å². The molecule has 0 unspecified atom stereocenters. The molecule has 0 saturated carbocycles. The van der Waals surface area contributed by atoms with Gasteiger partial charge in [-0.3, -0.25) is 0 Å². The Labute approximate surface area is 51.5 Å². The Kier molecular flexibility index (Phi) is 16.4. The summed E-state index contributed by atoms with van der Waals surface area (Å²) in [6, 6.07) is 0. The molecular weight excluding hydrogens is 143 g/mol. The van der Waals surface area contributed by atoms with Crippen molar-refractivity contribution in [3.05, 3.63) is 0 Å². The van der Waals surface area contributed by atoms with Crippen LogP contribution < -0.4 is 5.11 Å². The van der Waals surface area contributed by atoms with Crippen LogP contribution in [0.25, 0.3) is 0 Å². The third kappa shape index (κ3) is 11.5. The van der Waals surface area contributed by atoms with E-state index < -0.39 is 0 Å². The van der Waals surface area contributed by atoms with Gasteiger partial charge in [0.15, 0.2) is 0 Å². The topological polar surface area (TPSA) is 23.1 Å². The molecule has 0 heterocycles. The van der Waals surface area contributed by atoms with Crippen molar-refractivity contribution in [2.75, 3.05) is 6.61 Å². The Morgan fingerprint density at radius 2 is 1.80 bits per heavy atom. The van der Waals surface area contributed by atoms with Crippen LogP contribution in [0.1, 0.15) is 13.3 Å². The van der Waals surface area contributed by atoms with Crippen LogP contribution in [0.2, 0.25) is 0 Å². The van der Waals surface area contributed by atoms with Crippen LogP contribution >= 0.6 is 0 Å². The van der Waals surface area contributed by atoms with Crippen molar-refractivity contribution in [3.8, 4) is 0 Å². The molecule has 26 valence electrons. The smallest absolute Gasteiger partial charge is 0.854 e. The predicted molar refractivity (Wildman–Crippen MR) is 15.2 cm³/mol. The molecule has 0 aromatic heterocycles. The van der Waals surface area contributed by atoms with Crippen molar-refractivity contribution < 1.29 is 31.3 Å². The van der Waals surface area contributed by atoms with Crippen LogP contribution in [0.5, 0.6) is 0 Å². The van der Waals surface area contributed by atoms with Crippen LogP contribution in [-0.2, 0) is 26.2 Å². The summed E-state index contributed by atoms with van der Waals surface area (Å²) in [4.78, 5) is 0. The molecule has 0 fully saturated rings. The summed E-state index contributed by atoms with van der Waals surface area (Å²) < 4.78 is 0. The van der Waals surface area contributed by atoms with Gasteiger partial charge in [0.1, 0.15) is 0 Å². The molecule has 0 N–H and O–H groups in total. The van der Waals surface area contributed by atoms with E-state index in [4.69, 9.17) is 0 Å². The second kappa shape index (κ2) is 8.85. The Morgan fingerprint density at radius 3 is 1.80 bits per heavy atom. The molecule has 0 saturated heterocycles. The van der Waals surface area contributed by atoms with Crippen molar-refractivity contribution >= 4 is 0 Å². The molecule has 2 heteroatoms. The molecular formula is C3H7OZr+3. The summed E-state index contributed by atoms with van der Waals surface area (Å²) in [5, 5.41) is 9.30. The maximum Gasteiger partial charge on any atom is 4.00 e. The third-order valence-corrected chi connectivity index (χ3v) is 0.204. The fraction of sp³-hybridized carbons (Fsp3) is 1.00. The van der Waals surface area contributed by atoms with Gasteiger partial charge in [0.25, 0.3) is 0 Å². The summed E-state index contributed by atoms with van der Waals surface area (Å²) in [5.41, 5.74) is 0. The first-order valence-electron chi connectivity index (χ1n) is 1.50. The van der Waals surface area contributed by atoms with E-state index in [0.29, 0.717) is 0 Å². The minimum absolute atomic E-state index is 0. The summed E-state index contributed by atoms with van der Waals surface area (Å²) in [5.74, 6) is 0. The molecule has 0 aliphatic carbocycles. The molecule has 0 atom stereocenters. The summed E-state index contributed by atoms with van der Waals surface area (Å²) in [7, 11) is 0. The Balaban J connectivity index is 0. The maximum atomic E-state index is 9.30. The molecule has 0 rings (SSSR count). The molecule has 1 nitrogen and oxygen atoms in total. The van der Waals surface area contributed by atoms with E-state index in [0.717, 1.165) is 6.42 Å². The Hall–Kier alpha value is 0.843. The van der Waals surface area contributed by atoms with Gasteiger partial charge in [-0.25, -0.2) is 0 Å². The van der Waals surface area contributed by atoms with Crippen LogP contribution in [0, 0.1) is 0 Å². The zero-order valence-corrected chi connectivity index (χ0v) is 5.78. The van der Waals surface area contributed by atoms with Crippen LogP contribution in [0.15, 0.2) is 0 Å². The molecule has 0 amide bonds. The molecule has 5 heavy (non-hydrogen) atoms. The standard InChI is InChI=1S/C3H7O.Zr/c1-2-3-4;/h2-3H2,1H3;/q-1;+4. The quantitative estimate of drug-likeness (QED) is 0.506. The molecule has 0 spiro atoms. The molecule has 0 aromatic carbocycles. The van der Waals surface area contributed by atoms with Crippen molar-refractivity contribution in [1.29, 1.82) is 0 Å². The third-order valence-electron chi connectivity index (χ3n) is 0.204.